The number of alkyl carbamates (subject to hydrolysis) is 1. The summed E-state index contributed by atoms with van der Waals surface area (Å²) in [5.74, 6) is 0.538. The number of hydrogen-bond donors (Lipinski definition) is 2. The van der Waals surface area contributed by atoms with Crippen molar-refractivity contribution in [1.82, 2.24) is 29.6 Å². The number of fused-ring (bicyclic) bond motifs is 1. The van der Waals surface area contributed by atoms with Gasteiger partial charge in [0.2, 0.25) is 5.91 Å². The second-order valence-electron chi connectivity index (χ2n) is 10.7. The number of halogens is 1. The first kappa shape index (κ1) is 28.0. The van der Waals surface area contributed by atoms with Crippen LogP contribution in [-0.4, -0.2) is 55.9 Å². The highest BCUT2D eigenvalue weighted by molar-refractivity contribution is 7.15. The van der Waals surface area contributed by atoms with Gasteiger partial charge in [-0.05, 0) is 35.4 Å². The number of aromatic nitrogens is 4. The normalized spacial score (nSPS) is 15.8. The summed E-state index contributed by atoms with van der Waals surface area (Å²) in [6.45, 7) is 4.43. The number of nitrogens with one attached hydrogen (secondary N) is 2. The molecule has 1 unspecified atom stereocenters. The number of benzene rings is 2. The van der Waals surface area contributed by atoms with E-state index in [1.165, 1.54) is 7.11 Å². The highest BCUT2D eigenvalue weighted by atomic mass is 35.5. The van der Waals surface area contributed by atoms with Crippen molar-refractivity contribution in [2.75, 3.05) is 13.7 Å². The number of nitrogens with zero attached hydrogens (tertiary/aromatic N) is 4. The zero-order valence-corrected chi connectivity index (χ0v) is 25.1. The van der Waals surface area contributed by atoms with E-state index in [2.05, 4.69) is 56.7 Å². The Morgan fingerprint density at radius 3 is 2.38 bits per heavy atom. The van der Waals surface area contributed by atoms with Crippen molar-refractivity contribution >= 4 is 39.9 Å². The van der Waals surface area contributed by atoms with Crippen molar-refractivity contribution in [3.63, 3.8) is 0 Å². The maximum Gasteiger partial charge on any atom is 0.407 e. The molecule has 1 aliphatic heterocycles. The van der Waals surface area contributed by atoms with E-state index in [4.69, 9.17) is 16.3 Å². The summed E-state index contributed by atoms with van der Waals surface area (Å²) in [7, 11) is 1.30. The highest BCUT2D eigenvalue weighted by Crippen LogP contribution is 2.34. The van der Waals surface area contributed by atoms with Gasteiger partial charge in [0.05, 0.1) is 25.0 Å². The summed E-state index contributed by atoms with van der Waals surface area (Å²) >= 11 is 8.10. The molecule has 1 fully saturated rings. The molecule has 3 aromatic heterocycles. The third-order valence-corrected chi connectivity index (χ3v) is 8.85. The van der Waals surface area contributed by atoms with Gasteiger partial charge in [-0.3, -0.25) is 9.20 Å². The molecule has 2 N–H and O–H groups in total. The number of H-pyrrole nitrogens is 1. The fraction of sp³-hybridized carbons (Fsp3) is 0.290. The molecular weight excluding hydrogens is 572 g/mol. The zero-order chi connectivity index (χ0) is 29.4. The Kier molecular flexibility index (Phi) is 7.74. The van der Waals surface area contributed by atoms with Gasteiger partial charge in [-0.2, -0.15) is 0 Å². The number of carbonyl (C=O) groups excluding carboxylic acids is 2. The lowest BCUT2D eigenvalue weighted by Gasteiger charge is -2.30. The number of carbonyl (C=O) groups is 2. The Labute approximate surface area is 252 Å². The molecule has 2 atom stereocenters. The Bertz CT molecular complexity index is 1720. The van der Waals surface area contributed by atoms with Crippen molar-refractivity contribution < 1.29 is 14.3 Å². The molecule has 11 heteroatoms. The van der Waals surface area contributed by atoms with E-state index in [0.717, 1.165) is 57.3 Å². The minimum absolute atomic E-state index is 0.0828. The van der Waals surface area contributed by atoms with Gasteiger partial charge in [-0.1, -0.05) is 74.0 Å². The van der Waals surface area contributed by atoms with Crippen molar-refractivity contribution in [1.29, 1.82) is 0 Å². The summed E-state index contributed by atoms with van der Waals surface area (Å²) in [6.07, 6.45) is 4.80. The summed E-state index contributed by atoms with van der Waals surface area (Å²) in [5, 5.41) is 5.27. The van der Waals surface area contributed by atoms with E-state index in [1.54, 1.807) is 11.3 Å². The molecule has 4 heterocycles. The van der Waals surface area contributed by atoms with Crippen LogP contribution in [0.3, 0.4) is 0 Å². The first-order chi connectivity index (χ1) is 20.3. The number of imidazole rings is 2. The number of hydrogen-bond acceptors (Lipinski definition) is 6. The third kappa shape index (κ3) is 5.28. The third-order valence-electron chi connectivity index (χ3n) is 7.73. The molecule has 0 aliphatic carbocycles. The van der Waals surface area contributed by atoms with Crippen LogP contribution in [0.15, 0.2) is 66.3 Å². The van der Waals surface area contributed by atoms with Gasteiger partial charge in [0.15, 0.2) is 4.96 Å². The summed E-state index contributed by atoms with van der Waals surface area (Å²) in [6, 6.07) is 15.7. The van der Waals surface area contributed by atoms with Gasteiger partial charge in [-0.25, -0.2) is 14.8 Å². The zero-order valence-electron chi connectivity index (χ0n) is 23.5. The smallest absolute Gasteiger partial charge is 0.407 e. The molecule has 0 radical (unpaired) electrons. The van der Waals surface area contributed by atoms with Crippen LogP contribution >= 0.6 is 22.9 Å². The predicted molar refractivity (Wildman–Crippen MR) is 164 cm³/mol. The standard InChI is InChI=1S/C31H31ClN6O3S/c1-18(2)25(36-31(40)41-3)29(39)37-14-4-5-24(37)28-33-17-23(34-28)21-10-6-19(7-11-21)20-8-12-22(13-9-20)26-27(32)38-15-16-42-30(38)35-26/h6-13,15-18,24-25H,4-5,14H2,1-3H3,(H,33,34)(H,36,40)/t24?,25-/m0/s1. The van der Waals surface area contributed by atoms with Gasteiger partial charge >= 0.3 is 6.09 Å². The fourth-order valence-corrected chi connectivity index (χ4v) is 6.50. The Morgan fingerprint density at radius 2 is 1.74 bits per heavy atom. The molecule has 0 saturated carbocycles. The molecule has 42 heavy (non-hydrogen) atoms. The van der Waals surface area contributed by atoms with Crippen LogP contribution in [-0.2, 0) is 9.53 Å². The maximum absolute atomic E-state index is 13.4. The maximum atomic E-state index is 13.4. The van der Waals surface area contributed by atoms with Crippen molar-refractivity contribution in [2.45, 2.75) is 38.8 Å². The van der Waals surface area contributed by atoms with Gasteiger partial charge in [0.25, 0.3) is 0 Å². The number of amides is 2. The largest absolute Gasteiger partial charge is 0.453 e. The predicted octanol–water partition coefficient (Wildman–Crippen LogP) is 6.82. The first-order valence-electron chi connectivity index (χ1n) is 13.9. The quantitative estimate of drug-likeness (QED) is 0.213. The minimum Gasteiger partial charge on any atom is -0.453 e. The van der Waals surface area contributed by atoms with E-state index >= 15 is 0 Å². The van der Waals surface area contributed by atoms with Gasteiger partial charge in [0.1, 0.15) is 22.7 Å². The number of aromatic amines is 1. The summed E-state index contributed by atoms with van der Waals surface area (Å²) in [4.78, 5) is 40.7. The second kappa shape index (κ2) is 11.6. The molecule has 2 aromatic carbocycles. The number of thiazole rings is 1. The molecule has 1 saturated heterocycles. The van der Waals surface area contributed by atoms with Crippen LogP contribution < -0.4 is 5.32 Å². The van der Waals surface area contributed by atoms with Crippen LogP contribution in [0, 0.1) is 5.92 Å². The SMILES string of the molecule is COC(=O)N[C@H](C(=O)N1CCCC1c1ncc(-c2ccc(-c3ccc(-c4nc5sccn5c4Cl)cc3)cc2)[nH]1)C(C)C. The van der Waals surface area contributed by atoms with Crippen LogP contribution in [0.4, 0.5) is 4.79 Å². The lowest BCUT2D eigenvalue weighted by atomic mass is 10.0. The lowest BCUT2D eigenvalue weighted by molar-refractivity contribution is -0.135. The number of likely N-dealkylation sites (tertiary alicyclic amines) is 1. The van der Waals surface area contributed by atoms with E-state index in [1.807, 2.05) is 53.1 Å². The number of methoxy groups -OCH3 is 1. The Morgan fingerprint density at radius 1 is 1.07 bits per heavy atom. The molecular formula is C31H31ClN6O3S. The van der Waals surface area contributed by atoms with Crippen LogP contribution in [0.1, 0.15) is 38.6 Å². The average Bonchev–Trinajstić information content (AvgIpc) is 3.81. The lowest BCUT2D eigenvalue weighted by Crippen LogP contribution is -2.51. The first-order valence-corrected chi connectivity index (χ1v) is 15.1. The monoisotopic (exact) mass is 602 g/mol. The van der Waals surface area contributed by atoms with Crippen LogP contribution in [0.2, 0.25) is 5.15 Å². The summed E-state index contributed by atoms with van der Waals surface area (Å²) < 4.78 is 6.62. The Balaban J connectivity index is 1.16. The van der Waals surface area contributed by atoms with E-state index in [9.17, 15) is 9.59 Å². The molecule has 216 valence electrons. The van der Waals surface area contributed by atoms with Crippen LogP contribution in [0.5, 0.6) is 0 Å². The van der Waals surface area contributed by atoms with E-state index in [0.29, 0.717) is 11.7 Å². The van der Waals surface area contributed by atoms with Crippen molar-refractivity contribution in [2.24, 2.45) is 5.92 Å². The van der Waals surface area contributed by atoms with Crippen LogP contribution in [0.25, 0.3) is 38.6 Å². The molecule has 0 bridgehead atoms. The van der Waals surface area contributed by atoms with Crippen molar-refractivity contribution in [3.05, 3.63) is 77.3 Å². The fourth-order valence-electron chi connectivity index (χ4n) is 5.45. The molecule has 6 rings (SSSR count). The second-order valence-corrected chi connectivity index (χ2v) is 11.9. The minimum atomic E-state index is -0.664. The summed E-state index contributed by atoms with van der Waals surface area (Å²) in [5.41, 5.74) is 5.82. The van der Waals surface area contributed by atoms with E-state index < -0.39 is 12.1 Å². The number of ether oxygens (including phenoxy) is 1. The Hall–Kier alpha value is -4.15. The molecule has 2 amide bonds. The van der Waals surface area contributed by atoms with Crippen molar-refractivity contribution in [3.8, 4) is 33.6 Å². The average molecular weight is 603 g/mol. The molecule has 0 spiro atoms. The number of rotatable bonds is 7. The molecule has 1 aliphatic rings. The van der Waals surface area contributed by atoms with E-state index in [-0.39, 0.29) is 17.9 Å². The molecule has 9 nitrogen and oxygen atoms in total. The molecule has 5 aromatic rings. The topological polar surface area (TPSA) is 105 Å². The van der Waals surface area contributed by atoms with Gasteiger partial charge in [-0.15, -0.1) is 11.3 Å². The highest BCUT2D eigenvalue weighted by Gasteiger charge is 2.37. The van der Waals surface area contributed by atoms with Gasteiger partial charge < -0.3 is 19.9 Å². The van der Waals surface area contributed by atoms with Gasteiger partial charge in [0, 0.05) is 23.7 Å².